The van der Waals surface area contributed by atoms with Gasteiger partial charge in [-0.1, -0.05) is 43.7 Å². The van der Waals surface area contributed by atoms with Crippen LogP contribution < -0.4 is 78.1 Å². The number of unbranched alkanes of at least 4 members (excludes halogenated alkanes) is 1. The summed E-state index contributed by atoms with van der Waals surface area (Å²) in [6.45, 7) is 3.93. The minimum Gasteiger partial charge on any atom is -0.493 e. The number of carbonyl (C=O) groups excluding carboxylic acids is 1. The number of benzene rings is 6. The van der Waals surface area contributed by atoms with Gasteiger partial charge in [-0.3, -0.25) is 19.2 Å². The summed E-state index contributed by atoms with van der Waals surface area (Å²) in [5, 5.41) is 36.6. The van der Waals surface area contributed by atoms with Gasteiger partial charge in [0, 0.05) is 154 Å². The highest BCUT2D eigenvalue weighted by Crippen LogP contribution is 2.45. The molecule has 0 aliphatic carbocycles. The Morgan fingerprint density at radius 2 is 0.772 bits per heavy atom. The third-order valence-electron chi connectivity index (χ3n) is 19.8. The Labute approximate surface area is 726 Å². The number of pyridine rings is 2. The Balaban J connectivity index is 0.000000145. The van der Waals surface area contributed by atoms with Gasteiger partial charge in [0.2, 0.25) is 46.8 Å². The molecule has 6 aromatic carbocycles. The van der Waals surface area contributed by atoms with Gasteiger partial charge in [0.15, 0.2) is 57.3 Å². The van der Waals surface area contributed by atoms with Gasteiger partial charge in [0.1, 0.15) is 34.3 Å². The van der Waals surface area contributed by atoms with Crippen LogP contribution >= 0.6 is 0 Å². The van der Waals surface area contributed by atoms with Crippen molar-refractivity contribution in [1.29, 1.82) is 0 Å². The number of nitro groups is 1. The van der Waals surface area contributed by atoms with Gasteiger partial charge in [-0.2, -0.15) is 19.9 Å². The summed E-state index contributed by atoms with van der Waals surface area (Å²) in [6.07, 6.45) is 17.2. The number of nitrogens with zero attached hydrogens (tertiary/aromatic N) is 15. The number of methoxy groups -OCH3 is 13. The lowest BCUT2D eigenvalue weighted by atomic mass is 10.1. The highest BCUT2D eigenvalue weighted by atomic mass is 16.6. The molecule has 0 fully saturated rings. The summed E-state index contributed by atoms with van der Waals surface area (Å²) in [6, 6.07) is 45.3. The minimum absolute atomic E-state index is 0.0351. The number of hydrogen-bond acceptors (Lipinski definition) is 31. The number of carboxylic acids is 1. The molecule has 0 spiro atoms. The number of anilines is 8. The van der Waals surface area contributed by atoms with E-state index >= 15 is 0 Å². The molecule has 127 heavy (non-hydrogen) atoms. The predicted octanol–water partition coefficient (Wildman–Crippen LogP) is 16.6. The lowest BCUT2D eigenvalue weighted by Crippen LogP contribution is -2.10. The number of carboxylic acid groups (broad SMARTS) is 1. The molecule has 10 heterocycles. The predicted molar refractivity (Wildman–Crippen MR) is 477 cm³/mol. The molecule has 652 valence electrons. The van der Waals surface area contributed by atoms with E-state index in [4.69, 9.17) is 66.6 Å². The molecular weight excluding hydrogens is 1640 g/mol. The number of nitro benzene ring substituents is 1. The first-order chi connectivity index (χ1) is 61.8. The molecule has 16 aromatic rings. The van der Waals surface area contributed by atoms with Crippen molar-refractivity contribution >= 4 is 108 Å². The molecule has 0 saturated carbocycles. The maximum absolute atomic E-state index is 12.4. The number of ether oxygens (including phenoxy) is 13. The van der Waals surface area contributed by atoms with Crippen LogP contribution in [0.4, 0.5) is 52.2 Å². The van der Waals surface area contributed by atoms with Crippen LogP contribution in [0.1, 0.15) is 51.9 Å². The quantitative estimate of drug-likeness (QED) is 0.0159. The van der Waals surface area contributed by atoms with Crippen molar-refractivity contribution in [1.82, 2.24) is 68.1 Å². The van der Waals surface area contributed by atoms with Crippen LogP contribution in [0.15, 0.2) is 201 Å². The zero-order valence-electron chi connectivity index (χ0n) is 71.8. The lowest BCUT2D eigenvalue weighted by molar-refractivity contribution is -0.385. The second-order valence-electron chi connectivity index (χ2n) is 27.3. The van der Waals surface area contributed by atoms with E-state index in [2.05, 4.69) is 102 Å². The van der Waals surface area contributed by atoms with Crippen LogP contribution in [-0.4, -0.2) is 183 Å². The first-order valence-corrected chi connectivity index (χ1v) is 39.0. The molecule has 37 nitrogen and oxygen atoms in total. The third kappa shape index (κ3) is 19.3. The van der Waals surface area contributed by atoms with E-state index in [0.717, 1.165) is 34.2 Å². The van der Waals surface area contributed by atoms with E-state index < -0.39 is 16.9 Å². The number of aryl methyl sites for hydroxylation is 1. The van der Waals surface area contributed by atoms with Gasteiger partial charge in [-0.15, -0.1) is 0 Å². The van der Waals surface area contributed by atoms with Crippen molar-refractivity contribution in [2.45, 2.75) is 33.1 Å². The smallest absolute Gasteiger partial charge is 0.355 e. The fourth-order valence-corrected chi connectivity index (χ4v) is 13.7. The van der Waals surface area contributed by atoms with Crippen molar-refractivity contribution in [2.75, 3.05) is 114 Å². The Bertz CT molecular complexity index is 6530. The van der Waals surface area contributed by atoms with Crippen LogP contribution in [0.25, 0.3) is 67.1 Å². The van der Waals surface area contributed by atoms with Crippen LogP contribution in [0, 0.1) is 17.0 Å². The molecule has 0 radical (unpaired) electrons. The van der Waals surface area contributed by atoms with Gasteiger partial charge >= 0.3 is 11.9 Å². The van der Waals surface area contributed by atoms with Gasteiger partial charge in [-0.25, -0.2) is 39.5 Å². The van der Waals surface area contributed by atoms with E-state index in [1.807, 2.05) is 55.0 Å². The van der Waals surface area contributed by atoms with Crippen LogP contribution in [0.2, 0.25) is 0 Å². The zero-order chi connectivity index (χ0) is 90.0. The highest BCUT2D eigenvalue weighted by molar-refractivity contribution is 5.97. The summed E-state index contributed by atoms with van der Waals surface area (Å²) in [7, 11) is 19.9. The maximum Gasteiger partial charge on any atom is 0.355 e. The average molecular weight is 1720 g/mol. The number of hydrogen-bond donors (Lipinski definition) is 5. The number of aromatic nitrogens is 14. The van der Waals surface area contributed by atoms with Crippen molar-refractivity contribution < 1.29 is 81.2 Å². The van der Waals surface area contributed by atoms with Crippen molar-refractivity contribution in [3.63, 3.8) is 0 Å². The summed E-state index contributed by atoms with van der Waals surface area (Å²) in [5.74, 6) is 6.70. The number of carbonyl (C=O) groups is 2. The summed E-state index contributed by atoms with van der Waals surface area (Å²) in [4.78, 5) is 79.8. The van der Waals surface area contributed by atoms with Crippen LogP contribution in [0.3, 0.4) is 0 Å². The molecule has 37 heteroatoms. The fraction of sp³-hybridized carbons (Fsp3) is 0.200. The maximum atomic E-state index is 12.4. The van der Waals surface area contributed by atoms with Gasteiger partial charge in [-0.05, 0) is 92.1 Å². The third-order valence-corrected chi connectivity index (χ3v) is 19.8. The molecule has 5 N–H and O–H groups in total. The van der Waals surface area contributed by atoms with E-state index in [1.54, 1.807) is 147 Å². The number of esters is 1. The topological polar surface area (TPSA) is 414 Å². The Morgan fingerprint density at radius 1 is 0.409 bits per heavy atom. The minimum atomic E-state index is -1.09. The number of nitrogens with one attached hydrogen (secondary N) is 4. The SMILES string of the molecule is CCCCc1ccc(-n2ccc3cnc(Nc4cc(OC)c(OC)c(OC)c4)nc32)cc1.COC(=O)c1cc2cnc(Nc3cc(OC)c(OC)c(OC)c3)nc2n1-c1ccccn1.COc1cc(Nc2ncc3cc(C(=O)O)n(-c4ccccn4)c3n2)cc(OC)c1OC.COc1cc(Nc2ncc3ccn(-c4cccc([N+](=O)[O-])c4C)c3n2)cc(OC)c1OC. The normalized spacial score (nSPS) is 10.7. The monoisotopic (exact) mass is 1720 g/mol. The number of aromatic carboxylic acids is 1. The van der Waals surface area contributed by atoms with E-state index in [9.17, 15) is 24.8 Å². The Hall–Kier alpha value is -16.8. The largest absolute Gasteiger partial charge is 0.493 e. The number of fused-ring (bicyclic) bond motifs is 4. The molecule has 16 rings (SSSR count). The molecule has 0 aliphatic rings. The van der Waals surface area contributed by atoms with Crippen LogP contribution in [-0.2, 0) is 11.2 Å². The molecule has 0 amide bonds. The molecule has 0 aliphatic heterocycles. The highest BCUT2D eigenvalue weighted by Gasteiger charge is 2.26. The summed E-state index contributed by atoms with van der Waals surface area (Å²) >= 11 is 0. The van der Waals surface area contributed by atoms with Gasteiger partial charge < -0.3 is 97.1 Å². The first kappa shape index (κ1) is 88.0. The lowest BCUT2D eigenvalue weighted by Gasteiger charge is -2.14. The summed E-state index contributed by atoms with van der Waals surface area (Å²) < 4.78 is 76.5. The fourth-order valence-electron chi connectivity index (χ4n) is 13.7. The molecule has 0 unspecified atom stereocenters. The van der Waals surface area contributed by atoms with Gasteiger partial charge in [0.25, 0.3) is 5.69 Å². The molecular formula is C90H89N19O18. The molecule has 0 bridgehead atoms. The van der Waals surface area contributed by atoms with Crippen molar-refractivity contribution in [3.8, 4) is 92.0 Å². The second-order valence-corrected chi connectivity index (χ2v) is 27.3. The van der Waals surface area contributed by atoms with Crippen LogP contribution in [0.5, 0.6) is 69.0 Å². The molecule has 10 aromatic heterocycles. The standard InChI is InChI=1S/C25H28N4O3.2C22H21N5O5.C21H19N5O5/c1-5-6-7-17-8-10-20(11-9-17)29-13-12-18-16-26-25(28-24(18)29)27-19-14-21(30-2)23(32-4)22(15-19)31-3;1-13-16(6-5-7-17(13)27(28)29)26-9-8-14-12-23-22(25-21(14)26)24-15-10-18(30-2)20(32-4)19(11-15)31-3;1-29-16-10-14(11-17(30-2)19(16)31-3)25-22-24-12-13-9-15(21(28)32-4)27(20(13)26-22)18-7-5-6-8-23-18;1-29-15-9-13(10-16(30-2)18(15)31-3)24-21-23-11-12-8-14(20(27)28)26(19(12)25-21)17-6-4-5-7-22-17/h8-16H,5-7H2,1-4H3,(H,26,27,28);5-12H,1-4H3,(H,23,24,25);5-12H,1-4H3,(H,24,25,26);4-11H,1-3H3,(H,27,28)(H,23,24,25). The summed E-state index contributed by atoms with van der Waals surface area (Å²) in [5.41, 5.74) is 8.96. The van der Waals surface area contributed by atoms with E-state index in [-0.39, 0.29) is 17.3 Å². The molecule has 0 saturated heterocycles. The second kappa shape index (κ2) is 40.3. The van der Waals surface area contributed by atoms with Crippen molar-refractivity contribution in [3.05, 3.63) is 234 Å². The number of rotatable bonds is 30. The van der Waals surface area contributed by atoms with Crippen molar-refractivity contribution in [2.24, 2.45) is 0 Å². The molecule has 0 atom stereocenters. The van der Waals surface area contributed by atoms with Gasteiger partial charge in [0.05, 0.1) is 109 Å². The average Bonchev–Trinajstić information content (AvgIpc) is 1.62. The first-order valence-electron chi connectivity index (χ1n) is 39.0. The van der Waals surface area contributed by atoms with E-state index in [1.165, 1.54) is 106 Å². The Morgan fingerprint density at radius 3 is 1.12 bits per heavy atom. The van der Waals surface area contributed by atoms with E-state index in [0.29, 0.717) is 160 Å². The zero-order valence-corrected chi connectivity index (χ0v) is 71.8. The Kier molecular flexibility index (Phi) is 27.9.